The molecule has 0 heterocycles. The minimum atomic E-state index is -0.398. The Balaban J connectivity index is 2.32. The summed E-state index contributed by atoms with van der Waals surface area (Å²) < 4.78 is 10.0. The first kappa shape index (κ1) is 13.9. The van der Waals surface area contributed by atoms with Crippen molar-refractivity contribution >= 4 is 17.2 Å². The van der Waals surface area contributed by atoms with Crippen molar-refractivity contribution in [2.75, 3.05) is 20.0 Å². The maximum Gasteiger partial charge on any atom is 0.341 e. The molecule has 0 saturated carbocycles. The Morgan fingerprint density at radius 1 is 1.15 bits per heavy atom. The Morgan fingerprint density at radius 2 is 1.85 bits per heavy atom. The van der Waals surface area contributed by atoms with E-state index in [2.05, 4.69) is 0 Å². The third-order valence-corrected chi connectivity index (χ3v) is 3.13. The third kappa shape index (κ3) is 2.91. The second-order valence-corrected chi connectivity index (χ2v) is 4.35. The second-order valence-electron chi connectivity index (χ2n) is 4.35. The highest BCUT2D eigenvalue weighted by Crippen LogP contribution is 2.25. The first-order valence-corrected chi connectivity index (χ1v) is 6.25. The number of rotatable bonds is 3. The van der Waals surface area contributed by atoms with Gasteiger partial charge in [0.15, 0.2) is 0 Å². The first-order valence-electron chi connectivity index (χ1n) is 6.25. The Labute approximate surface area is 118 Å². The molecular formula is C16H17NO3. The quantitative estimate of drug-likeness (QED) is 0.678. The van der Waals surface area contributed by atoms with E-state index >= 15 is 0 Å². The summed E-state index contributed by atoms with van der Waals surface area (Å²) in [7, 11) is 2.91. The fourth-order valence-corrected chi connectivity index (χ4v) is 2.02. The number of carbonyl (C=O) groups excluding carboxylic acids is 1. The molecular weight excluding hydrogens is 254 g/mol. The third-order valence-electron chi connectivity index (χ3n) is 3.13. The van der Waals surface area contributed by atoms with Gasteiger partial charge in [0.2, 0.25) is 0 Å². The standard InChI is InChI=1S/C16H17NO3/c1-19-15-10-6-12(5-9-14(15)16(18)20-2)11-3-7-13(17)8-4-11/h3-9H,10,17H2,1-2H3. The molecule has 0 unspecified atom stereocenters. The Kier molecular flexibility index (Phi) is 4.25. The number of carbonyl (C=O) groups is 1. The fourth-order valence-electron chi connectivity index (χ4n) is 2.02. The Bertz CT molecular complexity index is 595. The lowest BCUT2D eigenvalue weighted by Gasteiger charge is -2.06. The molecule has 0 atom stereocenters. The van der Waals surface area contributed by atoms with Gasteiger partial charge in [-0.15, -0.1) is 0 Å². The molecule has 0 spiro atoms. The van der Waals surface area contributed by atoms with Gasteiger partial charge in [-0.1, -0.05) is 24.3 Å². The topological polar surface area (TPSA) is 61.5 Å². The molecule has 20 heavy (non-hydrogen) atoms. The van der Waals surface area contributed by atoms with Crippen LogP contribution in [0.2, 0.25) is 0 Å². The summed E-state index contributed by atoms with van der Waals surface area (Å²) in [4.78, 5) is 11.7. The van der Waals surface area contributed by atoms with Crippen LogP contribution in [0.5, 0.6) is 0 Å². The smallest absolute Gasteiger partial charge is 0.341 e. The number of hydrogen-bond acceptors (Lipinski definition) is 4. The average Bonchev–Trinajstić information content (AvgIpc) is 2.69. The molecule has 0 aliphatic heterocycles. The number of methoxy groups -OCH3 is 2. The van der Waals surface area contributed by atoms with E-state index in [1.165, 1.54) is 7.11 Å². The highest BCUT2D eigenvalue weighted by molar-refractivity contribution is 5.93. The summed E-state index contributed by atoms with van der Waals surface area (Å²) in [6, 6.07) is 7.59. The van der Waals surface area contributed by atoms with Crippen LogP contribution in [0.1, 0.15) is 12.0 Å². The maximum atomic E-state index is 11.7. The molecule has 0 saturated heterocycles. The van der Waals surface area contributed by atoms with Crippen LogP contribution >= 0.6 is 0 Å². The molecule has 1 aromatic carbocycles. The zero-order valence-corrected chi connectivity index (χ0v) is 11.6. The van der Waals surface area contributed by atoms with Gasteiger partial charge in [0, 0.05) is 12.1 Å². The predicted octanol–water partition coefficient (Wildman–Crippen LogP) is 2.69. The molecule has 0 bridgehead atoms. The van der Waals surface area contributed by atoms with Gasteiger partial charge in [0.05, 0.1) is 19.8 Å². The molecule has 4 heteroatoms. The van der Waals surface area contributed by atoms with Gasteiger partial charge < -0.3 is 15.2 Å². The van der Waals surface area contributed by atoms with Crippen molar-refractivity contribution in [2.45, 2.75) is 6.42 Å². The monoisotopic (exact) mass is 271 g/mol. The molecule has 1 aromatic rings. The second kappa shape index (κ2) is 6.10. The van der Waals surface area contributed by atoms with Crippen molar-refractivity contribution in [3.8, 4) is 0 Å². The van der Waals surface area contributed by atoms with Gasteiger partial charge >= 0.3 is 5.97 Å². The Hall–Kier alpha value is -2.49. The van der Waals surface area contributed by atoms with Crippen molar-refractivity contribution in [1.82, 2.24) is 0 Å². The van der Waals surface area contributed by atoms with E-state index in [4.69, 9.17) is 15.2 Å². The highest BCUT2D eigenvalue weighted by atomic mass is 16.5. The van der Waals surface area contributed by atoms with E-state index in [1.807, 2.05) is 36.4 Å². The largest absolute Gasteiger partial charge is 0.500 e. The molecule has 1 aliphatic rings. The van der Waals surface area contributed by atoms with Crippen molar-refractivity contribution < 1.29 is 14.3 Å². The lowest BCUT2D eigenvalue weighted by Crippen LogP contribution is -2.06. The van der Waals surface area contributed by atoms with Crippen LogP contribution in [0.25, 0.3) is 5.57 Å². The molecule has 0 fully saturated rings. The van der Waals surface area contributed by atoms with Crippen LogP contribution in [0, 0.1) is 0 Å². The number of nitrogens with two attached hydrogens (primary N) is 1. The molecule has 0 amide bonds. The van der Waals surface area contributed by atoms with Gasteiger partial charge in [-0.2, -0.15) is 0 Å². The minimum absolute atomic E-state index is 0.398. The van der Waals surface area contributed by atoms with Crippen LogP contribution in [-0.2, 0) is 14.3 Å². The van der Waals surface area contributed by atoms with Crippen LogP contribution < -0.4 is 5.73 Å². The zero-order chi connectivity index (χ0) is 14.5. The van der Waals surface area contributed by atoms with E-state index in [1.54, 1.807) is 13.2 Å². The van der Waals surface area contributed by atoms with E-state index in [-0.39, 0.29) is 0 Å². The number of nitrogen functional groups attached to an aromatic ring is 1. The summed E-state index contributed by atoms with van der Waals surface area (Å²) in [5, 5.41) is 0. The summed E-state index contributed by atoms with van der Waals surface area (Å²) in [6.45, 7) is 0. The predicted molar refractivity (Wildman–Crippen MR) is 78.6 cm³/mol. The Morgan fingerprint density at radius 3 is 2.45 bits per heavy atom. The lowest BCUT2D eigenvalue weighted by molar-refractivity contribution is -0.135. The van der Waals surface area contributed by atoms with Crippen LogP contribution in [-0.4, -0.2) is 20.2 Å². The highest BCUT2D eigenvalue weighted by Gasteiger charge is 2.16. The number of allylic oxidation sites excluding steroid dienone is 3. The van der Waals surface area contributed by atoms with Gasteiger partial charge in [0.25, 0.3) is 0 Å². The average molecular weight is 271 g/mol. The van der Waals surface area contributed by atoms with Crippen molar-refractivity contribution in [3.63, 3.8) is 0 Å². The summed E-state index contributed by atoms with van der Waals surface area (Å²) in [6.07, 6.45) is 6.15. The lowest BCUT2D eigenvalue weighted by atomic mass is 10.0. The summed E-state index contributed by atoms with van der Waals surface area (Å²) in [5.74, 6) is 0.198. The molecule has 104 valence electrons. The number of esters is 1. The van der Waals surface area contributed by atoms with Crippen molar-refractivity contribution in [2.24, 2.45) is 0 Å². The molecule has 1 aliphatic carbocycles. The molecule has 4 nitrogen and oxygen atoms in total. The normalized spacial score (nSPS) is 14.6. The zero-order valence-electron chi connectivity index (χ0n) is 11.6. The molecule has 0 radical (unpaired) electrons. The molecule has 2 rings (SSSR count). The van der Waals surface area contributed by atoms with Gasteiger partial charge in [-0.25, -0.2) is 4.79 Å². The van der Waals surface area contributed by atoms with E-state index in [9.17, 15) is 4.79 Å². The van der Waals surface area contributed by atoms with E-state index in [0.717, 1.165) is 16.8 Å². The number of hydrogen-bond donors (Lipinski definition) is 1. The maximum absolute atomic E-state index is 11.7. The number of ether oxygens (including phenoxy) is 2. The summed E-state index contributed by atoms with van der Waals surface area (Å²) >= 11 is 0. The SMILES string of the molecule is COC(=O)C1=C(OC)CC=C(c2ccc(N)cc2)C=C1. The minimum Gasteiger partial charge on any atom is -0.500 e. The van der Waals surface area contributed by atoms with Crippen LogP contribution in [0.15, 0.2) is 53.8 Å². The van der Waals surface area contributed by atoms with E-state index in [0.29, 0.717) is 17.8 Å². The summed E-state index contributed by atoms with van der Waals surface area (Å²) in [5.41, 5.74) is 8.90. The number of anilines is 1. The van der Waals surface area contributed by atoms with E-state index < -0.39 is 5.97 Å². The number of benzene rings is 1. The van der Waals surface area contributed by atoms with Crippen LogP contribution in [0.4, 0.5) is 5.69 Å². The van der Waals surface area contributed by atoms with Gasteiger partial charge in [0.1, 0.15) is 5.76 Å². The van der Waals surface area contributed by atoms with Gasteiger partial charge in [-0.3, -0.25) is 0 Å². The van der Waals surface area contributed by atoms with Crippen LogP contribution in [0.3, 0.4) is 0 Å². The van der Waals surface area contributed by atoms with Crippen molar-refractivity contribution in [3.05, 3.63) is 59.4 Å². The first-order chi connectivity index (χ1) is 9.65. The van der Waals surface area contributed by atoms with Gasteiger partial charge in [-0.05, 0) is 29.3 Å². The molecule has 2 N–H and O–H groups in total. The fraction of sp³-hybridized carbons (Fsp3) is 0.188. The van der Waals surface area contributed by atoms with Crippen molar-refractivity contribution in [1.29, 1.82) is 0 Å². The molecule has 0 aromatic heterocycles.